The molecule has 4 rings (SSSR count). The van der Waals surface area contributed by atoms with Crippen molar-refractivity contribution < 1.29 is 17.9 Å². The van der Waals surface area contributed by atoms with Crippen molar-refractivity contribution in [2.45, 2.75) is 17.7 Å². The van der Waals surface area contributed by atoms with E-state index < -0.39 is 9.84 Å². The van der Waals surface area contributed by atoms with Crippen molar-refractivity contribution in [3.05, 3.63) is 59.1 Å². The first-order valence-electron chi connectivity index (χ1n) is 9.01. The maximum Gasteiger partial charge on any atom is 0.252 e. The summed E-state index contributed by atoms with van der Waals surface area (Å²) in [5, 5.41) is 0.894. The molecule has 2 heterocycles. The molecule has 2 aliphatic rings. The van der Waals surface area contributed by atoms with Gasteiger partial charge in [0.05, 0.1) is 31.1 Å². The second kappa shape index (κ2) is 8.01. The van der Waals surface area contributed by atoms with Crippen molar-refractivity contribution in [3.8, 4) is 5.75 Å². The van der Waals surface area contributed by atoms with E-state index in [1.807, 2.05) is 29.2 Å². The minimum Gasteiger partial charge on any atom is -0.496 e. The highest BCUT2D eigenvalue weighted by Crippen LogP contribution is 2.41. The summed E-state index contributed by atoms with van der Waals surface area (Å²) < 4.78 is 29.6. The molecule has 1 amide bonds. The normalized spacial score (nSPS) is 23.9. The number of aliphatic imine (C=N–C) groups is 1. The number of para-hydroxylation sites is 1. The van der Waals surface area contributed by atoms with Gasteiger partial charge in [0.25, 0.3) is 5.91 Å². The number of methoxy groups -OCH3 is 1. The molecule has 0 aromatic heterocycles. The Morgan fingerprint density at radius 2 is 2.03 bits per heavy atom. The molecule has 2 fully saturated rings. The molecule has 2 aliphatic heterocycles. The fourth-order valence-electron chi connectivity index (χ4n) is 3.65. The molecule has 6 nitrogen and oxygen atoms in total. The molecule has 9 heteroatoms. The first-order chi connectivity index (χ1) is 13.9. The topological polar surface area (TPSA) is 76.0 Å². The van der Waals surface area contributed by atoms with Gasteiger partial charge >= 0.3 is 0 Å². The van der Waals surface area contributed by atoms with Gasteiger partial charge in [0.15, 0.2) is 15.0 Å². The average Bonchev–Trinajstić information content (AvgIpc) is 3.12. The molecular weight excluding hydrogens is 432 g/mol. The Morgan fingerprint density at radius 3 is 2.79 bits per heavy atom. The van der Waals surface area contributed by atoms with Crippen LogP contribution in [-0.4, -0.2) is 49.4 Å². The third-order valence-corrected chi connectivity index (χ3v) is 8.35. The fraction of sp³-hybridized carbons (Fsp3) is 0.300. The van der Waals surface area contributed by atoms with E-state index in [0.29, 0.717) is 15.9 Å². The van der Waals surface area contributed by atoms with Gasteiger partial charge < -0.3 is 9.64 Å². The first kappa shape index (κ1) is 20.3. The third-order valence-electron chi connectivity index (χ3n) is 4.91. The van der Waals surface area contributed by atoms with Crippen LogP contribution in [0.15, 0.2) is 53.5 Å². The minimum absolute atomic E-state index is 0.0386. The van der Waals surface area contributed by atoms with Crippen LogP contribution in [-0.2, 0) is 21.1 Å². The quantitative estimate of drug-likeness (QED) is 0.712. The van der Waals surface area contributed by atoms with E-state index in [1.54, 1.807) is 31.4 Å². The van der Waals surface area contributed by atoms with Crippen LogP contribution in [0.25, 0.3) is 0 Å². The van der Waals surface area contributed by atoms with Gasteiger partial charge in [0, 0.05) is 21.5 Å². The Hall–Kier alpha value is -2.03. The number of fused-ring (bicyclic) bond motifs is 1. The Kier molecular flexibility index (Phi) is 5.59. The van der Waals surface area contributed by atoms with E-state index in [9.17, 15) is 13.2 Å². The monoisotopic (exact) mass is 450 g/mol. The van der Waals surface area contributed by atoms with Crippen LogP contribution in [0.2, 0.25) is 5.02 Å². The SMILES string of the molecule is COc1ccccc1CC(=O)N=C1S[C@@H]2CS(=O)(=O)C[C@@H]2N1c1cccc(Cl)c1. The number of carbonyl (C=O) groups excluding carboxylic acids is 1. The lowest BCUT2D eigenvalue weighted by molar-refractivity contribution is -0.117. The highest BCUT2D eigenvalue weighted by Gasteiger charge is 2.49. The van der Waals surface area contributed by atoms with Crippen molar-refractivity contribution in [2.75, 3.05) is 23.5 Å². The third kappa shape index (κ3) is 4.29. The zero-order valence-electron chi connectivity index (χ0n) is 15.6. The lowest BCUT2D eigenvalue weighted by atomic mass is 10.1. The van der Waals surface area contributed by atoms with E-state index in [0.717, 1.165) is 11.3 Å². The standard InChI is InChI=1S/C20H19ClN2O4S2/c1-27-17-8-3-2-5-13(17)9-19(24)22-20-23(15-7-4-6-14(21)10-15)16-11-29(25,26)12-18(16)28-20/h2-8,10,16,18H,9,11-12H2,1H3/t16-,18+/m0/s1. The Balaban J connectivity index is 1.65. The zero-order valence-corrected chi connectivity index (χ0v) is 18.0. The summed E-state index contributed by atoms with van der Waals surface area (Å²) in [4.78, 5) is 18.9. The number of anilines is 1. The number of carbonyl (C=O) groups is 1. The number of amidine groups is 1. The summed E-state index contributed by atoms with van der Waals surface area (Å²) in [6, 6.07) is 14.2. The second-order valence-electron chi connectivity index (χ2n) is 6.93. The molecule has 0 aliphatic carbocycles. The van der Waals surface area contributed by atoms with E-state index >= 15 is 0 Å². The van der Waals surface area contributed by atoms with Crippen LogP contribution in [0, 0.1) is 0 Å². The first-order valence-corrected chi connectivity index (χ1v) is 12.1. The summed E-state index contributed by atoms with van der Waals surface area (Å²) in [6.07, 6.45) is 0.102. The zero-order chi connectivity index (χ0) is 20.6. The lowest BCUT2D eigenvalue weighted by Crippen LogP contribution is -2.37. The van der Waals surface area contributed by atoms with Crippen molar-refractivity contribution in [1.29, 1.82) is 0 Å². The number of ether oxygens (including phenoxy) is 1. The maximum atomic E-state index is 12.7. The molecule has 0 N–H and O–H groups in total. The average molecular weight is 451 g/mol. The maximum absolute atomic E-state index is 12.7. The van der Waals surface area contributed by atoms with Gasteiger partial charge in [0.1, 0.15) is 5.75 Å². The van der Waals surface area contributed by atoms with E-state index in [2.05, 4.69) is 4.99 Å². The van der Waals surface area contributed by atoms with Crippen LogP contribution in [0.4, 0.5) is 5.69 Å². The van der Waals surface area contributed by atoms with Gasteiger partial charge in [0.2, 0.25) is 0 Å². The summed E-state index contributed by atoms with van der Waals surface area (Å²) >= 11 is 7.49. The number of hydrogen-bond donors (Lipinski definition) is 0. The molecule has 0 bridgehead atoms. The minimum atomic E-state index is -3.12. The van der Waals surface area contributed by atoms with Crippen LogP contribution in [0.3, 0.4) is 0 Å². The van der Waals surface area contributed by atoms with E-state index in [4.69, 9.17) is 16.3 Å². The number of amides is 1. The molecule has 29 heavy (non-hydrogen) atoms. The van der Waals surface area contributed by atoms with Crippen LogP contribution in [0.1, 0.15) is 5.56 Å². The Morgan fingerprint density at radius 1 is 1.24 bits per heavy atom. The summed E-state index contributed by atoms with van der Waals surface area (Å²) in [7, 11) is -1.56. The van der Waals surface area contributed by atoms with E-state index in [1.165, 1.54) is 11.8 Å². The molecular formula is C20H19ClN2O4S2. The summed E-state index contributed by atoms with van der Waals surface area (Å²) in [6.45, 7) is 0. The van der Waals surface area contributed by atoms with Crippen LogP contribution < -0.4 is 9.64 Å². The van der Waals surface area contributed by atoms with Gasteiger partial charge in [-0.15, -0.1) is 0 Å². The highest BCUT2D eigenvalue weighted by molar-refractivity contribution is 8.16. The van der Waals surface area contributed by atoms with Gasteiger partial charge in [-0.1, -0.05) is 47.6 Å². The number of sulfone groups is 1. The summed E-state index contributed by atoms with van der Waals surface area (Å²) in [5.74, 6) is 0.442. The van der Waals surface area contributed by atoms with Crippen molar-refractivity contribution >= 4 is 50.0 Å². The number of hydrogen-bond acceptors (Lipinski definition) is 5. The fourth-order valence-corrected chi connectivity index (χ4v) is 7.77. The van der Waals surface area contributed by atoms with Gasteiger partial charge in [-0.3, -0.25) is 4.79 Å². The number of thioether (sulfide) groups is 1. The van der Waals surface area contributed by atoms with Gasteiger partial charge in [-0.05, 0) is 24.3 Å². The number of halogens is 1. The molecule has 0 unspecified atom stereocenters. The summed E-state index contributed by atoms with van der Waals surface area (Å²) in [5.41, 5.74) is 1.49. The number of rotatable bonds is 4. The lowest BCUT2D eigenvalue weighted by Gasteiger charge is -2.24. The number of nitrogens with zero attached hydrogens (tertiary/aromatic N) is 2. The van der Waals surface area contributed by atoms with Crippen LogP contribution >= 0.6 is 23.4 Å². The predicted molar refractivity (Wildman–Crippen MR) is 117 cm³/mol. The molecule has 152 valence electrons. The second-order valence-corrected chi connectivity index (χ2v) is 10.7. The molecule has 2 aromatic rings. The largest absolute Gasteiger partial charge is 0.496 e. The van der Waals surface area contributed by atoms with Crippen molar-refractivity contribution in [2.24, 2.45) is 4.99 Å². The van der Waals surface area contributed by atoms with Crippen molar-refractivity contribution in [1.82, 2.24) is 0 Å². The predicted octanol–water partition coefficient (Wildman–Crippen LogP) is 3.19. The van der Waals surface area contributed by atoms with Crippen LogP contribution in [0.5, 0.6) is 5.75 Å². The van der Waals surface area contributed by atoms with Gasteiger partial charge in [-0.25, -0.2) is 8.42 Å². The molecule has 0 spiro atoms. The number of benzene rings is 2. The smallest absolute Gasteiger partial charge is 0.252 e. The Labute approximate surface area is 178 Å². The highest BCUT2D eigenvalue weighted by atomic mass is 35.5. The molecule has 2 atom stereocenters. The molecule has 0 radical (unpaired) electrons. The van der Waals surface area contributed by atoms with Gasteiger partial charge in [-0.2, -0.15) is 4.99 Å². The molecule has 0 saturated carbocycles. The van der Waals surface area contributed by atoms with E-state index in [-0.39, 0.29) is 35.1 Å². The Bertz CT molecular complexity index is 1090. The molecule has 2 saturated heterocycles. The molecule has 2 aromatic carbocycles. The van der Waals surface area contributed by atoms with Crippen molar-refractivity contribution in [3.63, 3.8) is 0 Å².